The summed E-state index contributed by atoms with van der Waals surface area (Å²) in [5, 5.41) is 9.30. The number of amides is 1. The fraction of sp³-hybridized carbons (Fsp3) is 0.889. The molecule has 76 valence electrons. The third-order valence-corrected chi connectivity index (χ3v) is 2.50. The van der Waals surface area contributed by atoms with Crippen LogP contribution in [0.1, 0.15) is 19.8 Å². The van der Waals surface area contributed by atoms with Crippen LogP contribution >= 0.6 is 0 Å². The molecule has 2 unspecified atom stereocenters. The Bertz CT molecular complexity index is 184. The van der Waals surface area contributed by atoms with Crippen LogP contribution in [0.5, 0.6) is 0 Å². The van der Waals surface area contributed by atoms with E-state index in [-0.39, 0.29) is 18.4 Å². The van der Waals surface area contributed by atoms with E-state index in [4.69, 9.17) is 5.73 Å². The van der Waals surface area contributed by atoms with Crippen LogP contribution in [0.3, 0.4) is 0 Å². The van der Waals surface area contributed by atoms with Crippen LogP contribution < -0.4 is 5.73 Å². The normalized spacial score (nSPS) is 26.2. The summed E-state index contributed by atoms with van der Waals surface area (Å²) in [6.07, 6.45) is 1.42. The maximum absolute atomic E-state index is 11.6. The van der Waals surface area contributed by atoms with Gasteiger partial charge in [0.05, 0.1) is 6.10 Å². The van der Waals surface area contributed by atoms with Gasteiger partial charge >= 0.3 is 0 Å². The zero-order chi connectivity index (χ0) is 9.84. The molecule has 1 amide bonds. The zero-order valence-electron chi connectivity index (χ0n) is 8.07. The molecular weight excluding hydrogens is 168 g/mol. The Kier molecular flexibility index (Phi) is 3.69. The second-order valence-electron chi connectivity index (χ2n) is 3.72. The molecule has 1 rings (SSSR count). The van der Waals surface area contributed by atoms with Crippen LogP contribution in [0.15, 0.2) is 0 Å². The van der Waals surface area contributed by atoms with Crippen molar-refractivity contribution in [3.63, 3.8) is 0 Å². The largest absolute Gasteiger partial charge is 0.390 e. The molecule has 3 N–H and O–H groups in total. The molecule has 1 aliphatic rings. The molecule has 0 aliphatic carbocycles. The topological polar surface area (TPSA) is 66.6 Å². The molecule has 0 bridgehead atoms. The smallest absolute Gasteiger partial charge is 0.225 e. The van der Waals surface area contributed by atoms with Gasteiger partial charge in [0.2, 0.25) is 5.91 Å². The van der Waals surface area contributed by atoms with E-state index in [0.717, 1.165) is 19.4 Å². The molecule has 0 radical (unpaired) electrons. The number of hydrogen-bond donors (Lipinski definition) is 2. The van der Waals surface area contributed by atoms with Crippen LogP contribution in [0.2, 0.25) is 0 Å². The molecule has 1 aliphatic heterocycles. The highest BCUT2D eigenvalue weighted by Gasteiger charge is 2.25. The molecule has 4 nitrogen and oxygen atoms in total. The van der Waals surface area contributed by atoms with E-state index >= 15 is 0 Å². The van der Waals surface area contributed by atoms with E-state index in [1.165, 1.54) is 0 Å². The Hall–Kier alpha value is -0.610. The van der Waals surface area contributed by atoms with E-state index in [2.05, 4.69) is 0 Å². The molecule has 1 fully saturated rings. The summed E-state index contributed by atoms with van der Waals surface area (Å²) in [6.45, 7) is 3.31. The molecular formula is C9H18N2O2. The molecule has 2 atom stereocenters. The highest BCUT2D eigenvalue weighted by atomic mass is 16.3. The molecule has 0 aromatic heterocycles. The summed E-state index contributed by atoms with van der Waals surface area (Å²) in [7, 11) is 0. The Morgan fingerprint density at radius 2 is 2.46 bits per heavy atom. The minimum atomic E-state index is -0.575. The monoisotopic (exact) mass is 186 g/mol. The van der Waals surface area contributed by atoms with Crippen LogP contribution in [-0.4, -0.2) is 41.7 Å². The van der Waals surface area contributed by atoms with Crippen molar-refractivity contribution in [3.8, 4) is 0 Å². The number of likely N-dealkylation sites (tertiary alicyclic amines) is 1. The summed E-state index contributed by atoms with van der Waals surface area (Å²) in [6, 6.07) is 0. The summed E-state index contributed by atoms with van der Waals surface area (Å²) in [5.41, 5.74) is 5.28. The molecule has 13 heavy (non-hydrogen) atoms. The van der Waals surface area contributed by atoms with Crippen LogP contribution in [0.4, 0.5) is 0 Å². The maximum Gasteiger partial charge on any atom is 0.225 e. The first-order valence-electron chi connectivity index (χ1n) is 4.82. The van der Waals surface area contributed by atoms with Gasteiger partial charge in [-0.05, 0) is 12.8 Å². The minimum Gasteiger partial charge on any atom is -0.390 e. The van der Waals surface area contributed by atoms with Crippen molar-refractivity contribution in [1.29, 1.82) is 0 Å². The van der Waals surface area contributed by atoms with Crippen molar-refractivity contribution in [3.05, 3.63) is 0 Å². The summed E-state index contributed by atoms with van der Waals surface area (Å²) in [5.74, 6) is 0.262. The number of rotatable bonds is 3. The number of carbonyl (C=O) groups excluding carboxylic acids is 1. The molecule has 1 saturated heterocycles. The van der Waals surface area contributed by atoms with E-state index in [1.807, 2.05) is 6.92 Å². The lowest BCUT2D eigenvalue weighted by molar-refractivity contribution is -0.139. The van der Waals surface area contributed by atoms with Gasteiger partial charge in [-0.15, -0.1) is 0 Å². The standard InChI is InChI=1S/C9H18N2O2/c1-7-3-2-4-11(9(7)13)6-8(12)5-10/h7-8,12H,2-6,10H2,1H3. The van der Waals surface area contributed by atoms with E-state index in [1.54, 1.807) is 4.90 Å². The highest BCUT2D eigenvalue weighted by molar-refractivity contribution is 5.79. The quantitative estimate of drug-likeness (QED) is 0.628. The second kappa shape index (κ2) is 4.58. The van der Waals surface area contributed by atoms with E-state index in [0.29, 0.717) is 6.54 Å². The zero-order valence-corrected chi connectivity index (χ0v) is 8.07. The van der Waals surface area contributed by atoms with Crippen molar-refractivity contribution >= 4 is 5.91 Å². The lowest BCUT2D eigenvalue weighted by Crippen LogP contribution is -2.45. The number of β-amino-alcohol motifs (C(OH)–C–C–N with tert-alkyl or cyclic N) is 1. The van der Waals surface area contributed by atoms with Crippen molar-refractivity contribution in [2.45, 2.75) is 25.9 Å². The predicted octanol–water partition coefficient (Wildman–Crippen LogP) is -0.435. The van der Waals surface area contributed by atoms with Crippen molar-refractivity contribution in [2.75, 3.05) is 19.6 Å². The molecule has 1 heterocycles. The van der Waals surface area contributed by atoms with Gasteiger partial charge in [-0.1, -0.05) is 6.92 Å². The Morgan fingerprint density at radius 3 is 3.08 bits per heavy atom. The average molecular weight is 186 g/mol. The van der Waals surface area contributed by atoms with Crippen molar-refractivity contribution in [2.24, 2.45) is 11.7 Å². The van der Waals surface area contributed by atoms with Crippen molar-refractivity contribution < 1.29 is 9.90 Å². The van der Waals surface area contributed by atoms with Crippen LogP contribution in [0.25, 0.3) is 0 Å². The maximum atomic E-state index is 11.6. The molecule has 0 saturated carbocycles. The van der Waals surface area contributed by atoms with Gasteiger partial charge in [0.1, 0.15) is 0 Å². The van der Waals surface area contributed by atoms with Gasteiger partial charge < -0.3 is 15.7 Å². The Labute approximate surface area is 78.7 Å². The Morgan fingerprint density at radius 1 is 1.77 bits per heavy atom. The molecule has 0 aromatic rings. The lowest BCUT2D eigenvalue weighted by atomic mass is 9.99. The van der Waals surface area contributed by atoms with Gasteiger partial charge in [0.25, 0.3) is 0 Å². The van der Waals surface area contributed by atoms with Crippen LogP contribution in [-0.2, 0) is 4.79 Å². The number of piperidine rings is 1. The van der Waals surface area contributed by atoms with Gasteiger partial charge in [0.15, 0.2) is 0 Å². The van der Waals surface area contributed by atoms with E-state index < -0.39 is 6.10 Å². The summed E-state index contributed by atoms with van der Waals surface area (Å²) < 4.78 is 0. The van der Waals surface area contributed by atoms with Gasteiger partial charge in [-0.3, -0.25) is 4.79 Å². The molecule has 0 aromatic carbocycles. The van der Waals surface area contributed by atoms with Crippen LogP contribution in [0, 0.1) is 5.92 Å². The van der Waals surface area contributed by atoms with Gasteiger partial charge in [-0.25, -0.2) is 0 Å². The van der Waals surface area contributed by atoms with Crippen molar-refractivity contribution in [1.82, 2.24) is 4.90 Å². The number of carbonyl (C=O) groups is 1. The predicted molar refractivity (Wildman–Crippen MR) is 50.0 cm³/mol. The third-order valence-electron chi connectivity index (χ3n) is 2.50. The van der Waals surface area contributed by atoms with Gasteiger partial charge in [0, 0.05) is 25.6 Å². The summed E-state index contributed by atoms with van der Waals surface area (Å²) >= 11 is 0. The first-order valence-corrected chi connectivity index (χ1v) is 4.82. The number of aliphatic hydroxyl groups is 1. The fourth-order valence-corrected chi connectivity index (χ4v) is 1.64. The molecule has 0 spiro atoms. The second-order valence-corrected chi connectivity index (χ2v) is 3.72. The third kappa shape index (κ3) is 2.67. The number of nitrogens with zero attached hydrogens (tertiary/aromatic N) is 1. The number of hydrogen-bond acceptors (Lipinski definition) is 3. The average Bonchev–Trinajstić information content (AvgIpc) is 2.13. The first kappa shape index (κ1) is 10.5. The number of aliphatic hydroxyl groups excluding tert-OH is 1. The minimum absolute atomic E-state index is 0.110. The first-order chi connectivity index (χ1) is 6.15. The lowest BCUT2D eigenvalue weighted by Gasteiger charge is -2.31. The van der Waals surface area contributed by atoms with E-state index in [9.17, 15) is 9.90 Å². The Balaban J connectivity index is 2.44. The van der Waals surface area contributed by atoms with Gasteiger partial charge in [-0.2, -0.15) is 0 Å². The SMILES string of the molecule is CC1CCCN(CC(O)CN)C1=O. The summed E-state index contributed by atoms with van der Waals surface area (Å²) in [4.78, 5) is 13.3. The highest BCUT2D eigenvalue weighted by Crippen LogP contribution is 2.16. The number of nitrogens with two attached hydrogens (primary N) is 1. The molecule has 4 heteroatoms. The fourth-order valence-electron chi connectivity index (χ4n) is 1.64.